The molecule has 1 aromatic heterocycles. The smallest absolute Gasteiger partial charge is 0.355 e. The number of carbonyl (C=O) groups excluding carboxylic acids is 2. The van der Waals surface area contributed by atoms with Crippen LogP contribution in [0.1, 0.15) is 44.1 Å². The Morgan fingerprint density at radius 3 is 2.52 bits per heavy atom. The van der Waals surface area contributed by atoms with Gasteiger partial charge in [0.25, 0.3) is 11.6 Å². The second-order valence-electron chi connectivity index (χ2n) is 5.97. The molecule has 1 atom stereocenters. The Morgan fingerprint density at radius 2 is 2.00 bits per heavy atom. The average Bonchev–Trinajstić information content (AvgIpc) is 2.85. The fourth-order valence-corrected chi connectivity index (χ4v) is 2.03. The van der Waals surface area contributed by atoms with E-state index in [1.54, 1.807) is 0 Å². The fourth-order valence-electron chi connectivity index (χ4n) is 2.03. The van der Waals surface area contributed by atoms with Crippen LogP contribution in [0.2, 0.25) is 0 Å². The summed E-state index contributed by atoms with van der Waals surface area (Å²) in [4.78, 5) is 33.7. The zero-order valence-corrected chi connectivity index (χ0v) is 13.9. The lowest BCUT2D eigenvalue weighted by Crippen LogP contribution is -2.36. The number of aryl methyl sites for hydroxylation is 1. The van der Waals surface area contributed by atoms with Crippen molar-refractivity contribution in [3.8, 4) is 0 Å². The normalized spacial score (nSPS) is 12.0. The SMILES string of the molecule is CC(C)CC[C@@H](C)NC(=O)COC(=O)c1cc([N+](=O)[O-])cn1C. The van der Waals surface area contributed by atoms with Gasteiger partial charge in [0, 0.05) is 19.2 Å². The van der Waals surface area contributed by atoms with Crippen LogP contribution < -0.4 is 5.32 Å². The average molecular weight is 325 g/mol. The van der Waals surface area contributed by atoms with E-state index in [1.807, 2.05) is 6.92 Å². The van der Waals surface area contributed by atoms with E-state index < -0.39 is 23.4 Å². The predicted octanol–water partition coefficient (Wildman–Crippen LogP) is 2.03. The first-order valence-corrected chi connectivity index (χ1v) is 7.48. The quantitative estimate of drug-likeness (QED) is 0.447. The van der Waals surface area contributed by atoms with Crippen LogP contribution in [0, 0.1) is 16.0 Å². The first-order chi connectivity index (χ1) is 10.7. The van der Waals surface area contributed by atoms with E-state index in [-0.39, 0.29) is 17.4 Å². The maximum Gasteiger partial charge on any atom is 0.355 e. The summed E-state index contributed by atoms with van der Waals surface area (Å²) in [5, 5.41) is 13.4. The predicted molar refractivity (Wildman–Crippen MR) is 84.0 cm³/mol. The minimum absolute atomic E-state index is 0.000254. The van der Waals surface area contributed by atoms with E-state index in [0.29, 0.717) is 5.92 Å². The van der Waals surface area contributed by atoms with E-state index in [9.17, 15) is 19.7 Å². The molecule has 1 rings (SSSR count). The van der Waals surface area contributed by atoms with E-state index in [4.69, 9.17) is 4.74 Å². The van der Waals surface area contributed by atoms with E-state index >= 15 is 0 Å². The summed E-state index contributed by atoms with van der Waals surface area (Å²) >= 11 is 0. The van der Waals surface area contributed by atoms with Crippen molar-refractivity contribution in [2.24, 2.45) is 13.0 Å². The molecule has 0 aliphatic rings. The molecule has 0 bridgehead atoms. The summed E-state index contributed by atoms with van der Waals surface area (Å²) in [6.45, 7) is 5.69. The van der Waals surface area contributed by atoms with Crippen LogP contribution in [0.5, 0.6) is 0 Å². The van der Waals surface area contributed by atoms with Gasteiger partial charge >= 0.3 is 5.97 Å². The standard InChI is InChI=1S/C15H23N3O5/c1-10(2)5-6-11(3)16-14(19)9-23-15(20)13-7-12(18(21)22)8-17(13)4/h7-8,10-11H,5-6,9H2,1-4H3,(H,16,19)/t11-/m1/s1. The number of hydrogen-bond donors (Lipinski definition) is 1. The van der Waals surface area contributed by atoms with Gasteiger partial charge in [-0.05, 0) is 25.7 Å². The molecule has 23 heavy (non-hydrogen) atoms. The highest BCUT2D eigenvalue weighted by molar-refractivity contribution is 5.90. The Balaban J connectivity index is 2.46. The zero-order chi connectivity index (χ0) is 17.6. The van der Waals surface area contributed by atoms with Crippen LogP contribution in [0.3, 0.4) is 0 Å². The summed E-state index contributed by atoms with van der Waals surface area (Å²) in [5.74, 6) is -0.607. The Bertz CT molecular complexity index is 580. The second kappa shape index (κ2) is 8.30. The van der Waals surface area contributed by atoms with Crippen molar-refractivity contribution in [3.05, 3.63) is 28.1 Å². The van der Waals surface area contributed by atoms with Crippen LogP contribution in [0.15, 0.2) is 12.3 Å². The molecule has 1 amide bonds. The van der Waals surface area contributed by atoms with Gasteiger partial charge in [-0.15, -0.1) is 0 Å². The molecule has 0 radical (unpaired) electrons. The third kappa shape index (κ3) is 6.09. The molecule has 0 saturated carbocycles. The number of nitrogens with one attached hydrogen (secondary N) is 1. The lowest BCUT2D eigenvalue weighted by atomic mass is 10.0. The lowest BCUT2D eigenvalue weighted by molar-refractivity contribution is -0.384. The molecule has 128 valence electrons. The Hall–Kier alpha value is -2.38. The number of nitrogens with zero attached hydrogens (tertiary/aromatic N) is 2. The third-order valence-electron chi connectivity index (χ3n) is 3.33. The highest BCUT2D eigenvalue weighted by Gasteiger charge is 2.19. The number of rotatable bonds is 8. The summed E-state index contributed by atoms with van der Waals surface area (Å²) < 4.78 is 6.19. The molecule has 0 aromatic carbocycles. The monoisotopic (exact) mass is 325 g/mol. The zero-order valence-electron chi connectivity index (χ0n) is 13.9. The van der Waals surface area contributed by atoms with E-state index in [2.05, 4.69) is 19.2 Å². The molecule has 1 heterocycles. The number of esters is 1. The summed E-state index contributed by atoms with van der Waals surface area (Å²) in [7, 11) is 1.50. The second-order valence-corrected chi connectivity index (χ2v) is 5.97. The van der Waals surface area contributed by atoms with Crippen LogP contribution in [-0.2, 0) is 16.6 Å². The van der Waals surface area contributed by atoms with E-state index in [0.717, 1.165) is 18.9 Å². The van der Waals surface area contributed by atoms with Gasteiger partial charge in [-0.25, -0.2) is 4.79 Å². The maximum absolute atomic E-state index is 11.9. The molecule has 0 fully saturated rings. The van der Waals surface area contributed by atoms with Crippen molar-refractivity contribution < 1.29 is 19.2 Å². The molecule has 1 aromatic rings. The van der Waals surface area contributed by atoms with Crippen LogP contribution in [0.4, 0.5) is 5.69 Å². The van der Waals surface area contributed by atoms with Gasteiger partial charge < -0.3 is 14.6 Å². The minimum atomic E-state index is -0.773. The number of aromatic nitrogens is 1. The Kier molecular flexibility index (Phi) is 6.74. The molecular formula is C15H23N3O5. The Morgan fingerprint density at radius 1 is 1.35 bits per heavy atom. The maximum atomic E-state index is 11.9. The number of hydrogen-bond acceptors (Lipinski definition) is 5. The van der Waals surface area contributed by atoms with Crippen molar-refractivity contribution in [2.75, 3.05) is 6.61 Å². The van der Waals surface area contributed by atoms with Crippen molar-refractivity contribution in [1.29, 1.82) is 0 Å². The minimum Gasteiger partial charge on any atom is -0.451 e. The van der Waals surface area contributed by atoms with Gasteiger partial charge in [-0.1, -0.05) is 13.8 Å². The summed E-state index contributed by atoms with van der Waals surface area (Å²) in [6.07, 6.45) is 3.06. The van der Waals surface area contributed by atoms with Gasteiger partial charge in [-0.2, -0.15) is 0 Å². The van der Waals surface area contributed by atoms with E-state index in [1.165, 1.54) is 17.8 Å². The van der Waals surface area contributed by atoms with Crippen molar-refractivity contribution >= 4 is 17.6 Å². The molecule has 0 spiro atoms. The summed E-state index contributed by atoms with van der Waals surface area (Å²) in [6, 6.07) is 1.12. The molecule has 0 unspecified atom stereocenters. The van der Waals surface area contributed by atoms with Crippen molar-refractivity contribution in [1.82, 2.24) is 9.88 Å². The van der Waals surface area contributed by atoms with Gasteiger partial charge in [0.1, 0.15) is 5.69 Å². The molecular weight excluding hydrogens is 302 g/mol. The van der Waals surface area contributed by atoms with Gasteiger partial charge in [-0.3, -0.25) is 14.9 Å². The topological polar surface area (TPSA) is 103 Å². The third-order valence-corrected chi connectivity index (χ3v) is 3.33. The largest absolute Gasteiger partial charge is 0.451 e. The molecule has 0 aliphatic carbocycles. The van der Waals surface area contributed by atoms with Gasteiger partial charge in [0.15, 0.2) is 6.61 Å². The molecule has 8 heteroatoms. The highest BCUT2D eigenvalue weighted by Crippen LogP contribution is 2.15. The van der Waals surface area contributed by atoms with Gasteiger partial charge in [0.2, 0.25) is 0 Å². The Labute approximate surface area is 135 Å². The number of nitro groups is 1. The highest BCUT2D eigenvalue weighted by atomic mass is 16.6. The van der Waals surface area contributed by atoms with Crippen LogP contribution in [0.25, 0.3) is 0 Å². The molecule has 0 saturated heterocycles. The number of carbonyl (C=O) groups is 2. The number of ether oxygens (including phenoxy) is 1. The first kappa shape index (κ1) is 18.7. The summed E-state index contributed by atoms with van der Waals surface area (Å²) in [5.41, 5.74) is -0.177. The molecule has 8 nitrogen and oxygen atoms in total. The first-order valence-electron chi connectivity index (χ1n) is 7.48. The molecule has 1 N–H and O–H groups in total. The lowest BCUT2D eigenvalue weighted by Gasteiger charge is -2.15. The van der Waals surface area contributed by atoms with Crippen LogP contribution >= 0.6 is 0 Å². The fraction of sp³-hybridized carbons (Fsp3) is 0.600. The van der Waals surface area contributed by atoms with Crippen LogP contribution in [-0.4, -0.2) is 34.0 Å². The van der Waals surface area contributed by atoms with Crippen molar-refractivity contribution in [2.45, 2.75) is 39.7 Å². The van der Waals surface area contributed by atoms with Gasteiger partial charge in [0.05, 0.1) is 11.1 Å². The number of amides is 1. The molecule has 0 aliphatic heterocycles. The van der Waals surface area contributed by atoms with Crippen molar-refractivity contribution in [3.63, 3.8) is 0 Å².